The first-order chi connectivity index (χ1) is 12.4. The molecule has 1 aliphatic rings. The Bertz CT molecular complexity index is 895. The Kier molecular flexibility index (Phi) is 5.22. The zero-order valence-corrected chi connectivity index (χ0v) is 14.3. The molecule has 0 amide bonds. The van der Waals surface area contributed by atoms with Crippen molar-refractivity contribution in [3.8, 4) is 5.69 Å². The lowest BCUT2D eigenvalue weighted by atomic mass is 9.86. The summed E-state index contributed by atoms with van der Waals surface area (Å²) in [5.41, 5.74) is -0.637. The van der Waals surface area contributed by atoms with Crippen LogP contribution in [0.1, 0.15) is 25.7 Å². The van der Waals surface area contributed by atoms with E-state index in [0.29, 0.717) is 37.4 Å². The van der Waals surface area contributed by atoms with Crippen molar-refractivity contribution in [2.45, 2.75) is 31.7 Å². The van der Waals surface area contributed by atoms with Crippen LogP contribution >= 0.6 is 11.6 Å². The number of rotatable bonds is 4. The average molecular weight is 384 g/mol. The number of anilines is 1. The summed E-state index contributed by atoms with van der Waals surface area (Å²) in [6, 6.07) is 2.76. The number of aliphatic carboxylic acids is 1. The molecule has 6 nitrogen and oxygen atoms in total. The van der Waals surface area contributed by atoms with Crippen molar-refractivity contribution in [1.29, 1.82) is 0 Å². The molecule has 0 bridgehead atoms. The molecule has 2 N–H and O–H groups in total. The van der Waals surface area contributed by atoms with Crippen LogP contribution in [0.25, 0.3) is 5.69 Å². The summed E-state index contributed by atoms with van der Waals surface area (Å²) in [6.45, 7) is 0. The summed E-state index contributed by atoms with van der Waals surface area (Å²) in [5, 5.41) is 15.9. The molecule has 2 aromatic rings. The van der Waals surface area contributed by atoms with Gasteiger partial charge in [-0.15, -0.1) is 0 Å². The minimum Gasteiger partial charge on any atom is -0.481 e. The number of hydrogen-bond donors (Lipinski definition) is 2. The summed E-state index contributed by atoms with van der Waals surface area (Å²) in [7, 11) is 0. The molecule has 1 saturated carbocycles. The molecule has 1 aliphatic carbocycles. The van der Waals surface area contributed by atoms with Crippen LogP contribution in [-0.4, -0.2) is 26.9 Å². The normalized spacial score (nSPS) is 20.0. The standard InChI is InChI=1S/C17H16ClF2N3O3/c18-15-13(22-11-4-1-9(2-5-11)17(25)26)8-21-23(16(15)24)14-6-3-10(19)7-12(14)20/h3,6-9,11,22H,1-2,4-5H2,(H,25,26). The minimum absolute atomic E-state index is 0.0253. The highest BCUT2D eigenvalue weighted by Crippen LogP contribution is 2.28. The lowest BCUT2D eigenvalue weighted by molar-refractivity contribution is -0.142. The SMILES string of the molecule is O=C(O)C1CCC(Nc2cnn(-c3ccc(F)cc3F)c(=O)c2Cl)CC1. The summed E-state index contributed by atoms with van der Waals surface area (Å²) in [5.74, 6) is -2.84. The van der Waals surface area contributed by atoms with E-state index < -0.39 is 23.2 Å². The van der Waals surface area contributed by atoms with E-state index in [9.17, 15) is 18.4 Å². The number of hydrogen-bond acceptors (Lipinski definition) is 4. The van der Waals surface area contributed by atoms with Gasteiger partial charge in [0.1, 0.15) is 16.5 Å². The Hall–Kier alpha value is -2.48. The molecule has 26 heavy (non-hydrogen) atoms. The Morgan fingerprint density at radius 3 is 2.58 bits per heavy atom. The van der Waals surface area contributed by atoms with Gasteiger partial charge in [0.05, 0.1) is 17.8 Å². The lowest BCUT2D eigenvalue weighted by Crippen LogP contribution is -2.31. The molecule has 0 saturated heterocycles. The van der Waals surface area contributed by atoms with Crippen molar-refractivity contribution >= 4 is 23.3 Å². The fourth-order valence-electron chi connectivity index (χ4n) is 3.06. The van der Waals surface area contributed by atoms with Gasteiger partial charge in [-0.2, -0.15) is 9.78 Å². The quantitative estimate of drug-likeness (QED) is 0.846. The molecule has 3 rings (SSSR count). The number of carboxylic acids is 1. The highest BCUT2D eigenvalue weighted by molar-refractivity contribution is 6.33. The number of carboxylic acid groups (broad SMARTS) is 1. The fourth-order valence-corrected chi connectivity index (χ4v) is 3.25. The maximum Gasteiger partial charge on any atom is 0.306 e. The highest BCUT2D eigenvalue weighted by Gasteiger charge is 2.26. The Morgan fingerprint density at radius 1 is 1.27 bits per heavy atom. The molecular weight excluding hydrogens is 368 g/mol. The minimum atomic E-state index is -0.927. The molecule has 1 aromatic carbocycles. The van der Waals surface area contributed by atoms with Crippen LogP contribution in [-0.2, 0) is 4.79 Å². The lowest BCUT2D eigenvalue weighted by Gasteiger charge is -2.27. The van der Waals surface area contributed by atoms with Gasteiger partial charge in [0, 0.05) is 12.1 Å². The highest BCUT2D eigenvalue weighted by atomic mass is 35.5. The molecule has 1 aromatic heterocycles. The van der Waals surface area contributed by atoms with Crippen LogP contribution in [0.15, 0.2) is 29.2 Å². The summed E-state index contributed by atoms with van der Waals surface area (Å²) < 4.78 is 27.7. The second kappa shape index (κ2) is 7.41. The monoisotopic (exact) mass is 383 g/mol. The molecule has 0 aliphatic heterocycles. The van der Waals surface area contributed by atoms with Crippen molar-refractivity contribution in [3.05, 3.63) is 51.4 Å². The van der Waals surface area contributed by atoms with Gasteiger partial charge in [-0.1, -0.05) is 11.6 Å². The van der Waals surface area contributed by atoms with Crippen LogP contribution in [0.5, 0.6) is 0 Å². The molecule has 138 valence electrons. The van der Waals surface area contributed by atoms with E-state index in [0.717, 1.165) is 16.8 Å². The molecule has 0 atom stereocenters. The first-order valence-electron chi connectivity index (χ1n) is 8.09. The maximum absolute atomic E-state index is 13.9. The molecule has 0 radical (unpaired) electrons. The Morgan fingerprint density at radius 2 is 1.96 bits per heavy atom. The average Bonchev–Trinajstić information content (AvgIpc) is 2.60. The van der Waals surface area contributed by atoms with Gasteiger partial charge in [-0.05, 0) is 37.8 Å². The van der Waals surface area contributed by atoms with Crippen LogP contribution in [0.2, 0.25) is 5.02 Å². The van der Waals surface area contributed by atoms with E-state index in [1.165, 1.54) is 6.20 Å². The first-order valence-corrected chi connectivity index (χ1v) is 8.47. The predicted molar refractivity (Wildman–Crippen MR) is 91.8 cm³/mol. The third-order valence-electron chi connectivity index (χ3n) is 4.49. The van der Waals surface area contributed by atoms with Gasteiger partial charge < -0.3 is 10.4 Å². The van der Waals surface area contributed by atoms with Gasteiger partial charge in [0.15, 0.2) is 5.82 Å². The largest absolute Gasteiger partial charge is 0.481 e. The summed E-state index contributed by atoms with van der Waals surface area (Å²) in [6.07, 6.45) is 3.63. The summed E-state index contributed by atoms with van der Waals surface area (Å²) in [4.78, 5) is 23.4. The summed E-state index contributed by atoms with van der Waals surface area (Å²) >= 11 is 6.10. The second-order valence-electron chi connectivity index (χ2n) is 6.22. The van der Waals surface area contributed by atoms with Gasteiger partial charge in [0.25, 0.3) is 5.56 Å². The van der Waals surface area contributed by atoms with Crippen LogP contribution in [0.3, 0.4) is 0 Å². The Labute approximate surface area is 152 Å². The zero-order valence-electron chi connectivity index (χ0n) is 13.6. The van der Waals surface area contributed by atoms with Crippen LogP contribution in [0, 0.1) is 17.6 Å². The molecule has 1 fully saturated rings. The third kappa shape index (κ3) is 3.70. The number of nitrogens with zero attached hydrogens (tertiary/aromatic N) is 2. The second-order valence-corrected chi connectivity index (χ2v) is 6.59. The topological polar surface area (TPSA) is 84.2 Å². The van der Waals surface area contributed by atoms with Gasteiger partial charge in [-0.25, -0.2) is 8.78 Å². The van der Waals surface area contributed by atoms with E-state index in [2.05, 4.69) is 10.4 Å². The van der Waals surface area contributed by atoms with Gasteiger partial charge >= 0.3 is 5.97 Å². The van der Waals surface area contributed by atoms with E-state index >= 15 is 0 Å². The molecule has 0 spiro atoms. The van der Waals surface area contributed by atoms with Crippen molar-refractivity contribution in [3.63, 3.8) is 0 Å². The number of halogens is 3. The third-order valence-corrected chi connectivity index (χ3v) is 4.86. The van der Waals surface area contributed by atoms with Gasteiger partial charge in [0.2, 0.25) is 0 Å². The molecular formula is C17H16ClF2N3O3. The number of carbonyl (C=O) groups is 1. The predicted octanol–water partition coefficient (Wildman–Crippen LogP) is 3.22. The van der Waals surface area contributed by atoms with E-state index in [4.69, 9.17) is 16.7 Å². The zero-order chi connectivity index (χ0) is 18.8. The van der Waals surface area contributed by atoms with E-state index in [-0.39, 0.29) is 22.7 Å². The maximum atomic E-state index is 13.9. The van der Waals surface area contributed by atoms with Crippen molar-refractivity contribution in [1.82, 2.24) is 9.78 Å². The molecule has 0 unspecified atom stereocenters. The van der Waals surface area contributed by atoms with Crippen molar-refractivity contribution in [2.24, 2.45) is 5.92 Å². The number of benzene rings is 1. The fraction of sp³-hybridized carbons (Fsp3) is 0.353. The molecule has 1 heterocycles. The van der Waals surface area contributed by atoms with E-state index in [1.54, 1.807) is 0 Å². The Balaban J connectivity index is 1.80. The number of aromatic nitrogens is 2. The van der Waals surface area contributed by atoms with Crippen LogP contribution < -0.4 is 10.9 Å². The molecule has 9 heteroatoms. The van der Waals surface area contributed by atoms with Crippen molar-refractivity contribution < 1.29 is 18.7 Å². The van der Waals surface area contributed by atoms with Gasteiger partial charge in [-0.3, -0.25) is 9.59 Å². The van der Waals surface area contributed by atoms with Crippen LogP contribution in [0.4, 0.5) is 14.5 Å². The van der Waals surface area contributed by atoms with E-state index in [1.807, 2.05) is 0 Å². The first kappa shape index (κ1) is 18.3. The number of nitrogens with one attached hydrogen (secondary N) is 1. The smallest absolute Gasteiger partial charge is 0.306 e. The van der Waals surface area contributed by atoms with Crippen molar-refractivity contribution in [2.75, 3.05) is 5.32 Å².